The molecule has 5 nitrogen and oxygen atoms in total. The van der Waals surface area contributed by atoms with E-state index < -0.39 is 0 Å². The third kappa shape index (κ3) is 2.67. The maximum atomic E-state index is 12.8. The lowest BCUT2D eigenvalue weighted by Crippen LogP contribution is -2.40. The Morgan fingerprint density at radius 2 is 2.25 bits per heavy atom. The first kappa shape index (κ1) is 15.5. The van der Waals surface area contributed by atoms with Crippen molar-refractivity contribution in [2.45, 2.75) is 37.8 Å². The molecule has 0 radical (unpaired) electrons. The standard InChI is InChI=1S/C18H21ClN4O/c1-22-11-12(10-20-22)17-6-3-9-23(17)18(24)21-16-8-7-13-14(16)4-2-5-15(13)19/h2,4-5,10-11,16-17H,3,6-9H2,1H3,(H,21,24)/t16-,17+/m0/s1. The van der Waals surface area contributed by atoms with Crippen LogP contribution in [0.2, 0.25) is 5.02 Å². The molecule has 0 spiro atoms. The average Bonchev–Trinajstić information content (AvgIpc) is 3.27. The van der Waals surface area contributed by atoms with Crippen LogP contribution in [0.3, 0.4) is 0 Å². The van der Waals surface area contributed by atoms with Crippen LogP contribution in [0.15, 0.2) is 30.6 Å². The van der Waals surface area contributed by atoms with Gasteiger partial charge < -0.3 is 10.2 Å². The summed E-state index contributed by atoms with van der Waals surface area (Å²) in [4.78, 5) is 14.8. The van der Waals surface area contributed by atoms with E-state index in [0.29, 0.717) is 0 Å². The van der Waals surface area contributed by atoms with E-state index in [-0.39, 0.29) is 18.1 Å². The van der Waals surface area contributed by atoms with Crippen molar-refractivity contribution in [1.29, 1.82) is 0 Å². The molecular formula is C18H21ClN4O. The molecule has 4 rings (SSSR count). The van der Waals surface area contributed by atoms with Gasteiger partial charge in [0, 0.05) is 30.4 Å². The van der Waals surface area contributed by atoms with E-state index in [4.69, 9.17) is 11.6 Å². The van der Waals surface area contributed by atoms with Crippen LogP contribution in [-0.2, 0) is 13.5 Å². The lowest BCUT2D eigenvalue weighted by Gasteiger charge is -2.26. The highest BCUT2D eigenvalue weighted by molar-refractivity contribution is 6.31. The Kier molecular flexibility index (Phi) is 3.96. The number of fused-ring (bicyclic) bond motifs is 1. The molecule has 6 heteroatoms. The summed E-state index contributed by atoms with van der Waals surface area (Å²) in [7, 11) is 1.90. The zero-order valence-corrected chi connectivity index (χ0v) is 14.5. The van der Waals surface area contributed by atoms with Crippen LogP contribution in [0.1, 0.15) is 48.0 Å². The smallest absolute Gasteiger partial charge is 0.318 e. The number of carbonyl (C=O) groups excluding carboxylic acids is 1. The molecular weight excluding hydrogens is 324 g/mol. The fourth-order valence-corrected chi connectivity index (χ4v) is 4.24. The Balaban J connectivity index is 1.50. The minimum absolute atomic E-state index is 0.0131. The van der Waals surface area contributed by atoms with Crippen molar-refractivity contribution in [3.63, 3.8) is 0 Å². The Labute approximate surface area is 146 Å². The lowest BCUT2D eigenvalue weighted by molar-refractivity contribution is 0.189. The summed E-state index contributed by atoms with van der Waals surface area (Å²) in [6.45, 7) is 0.792. The van der Waals surface area contributed by atoms with Crippen LogP contribution in [0.5, 0.6) is 0 Å². The van der Waals surface area contributed by atoms with E-state index in [1.165, 1.54) is 5.56 Å². The third-order valence-electron chi connectivity index (χ3n) is 5.13. The van der Waals surface area contributed by atoms with Crippen LogP contribution in [0.25, 0.3) is 0 Å². The fraction of sp³-hybridized carbons (Fsp3) is 0.444. The zero-order valence-electron chi connectivity index (χ0n) is 13.7. The Morgan fingerprint density at radius 1 is 1.38 bits per heavy atom. The summed E-state index contributed by atoms with van der Waals surface area (Å²) in [5.74, 6) is 0. The number of carbonyl (C=O) groups is 1. The quantitative estimate of drug-likeness (QED) is 0.904. The van der Waals surface area contributed by atoms with Crippen molar-refractivity contribution >= 4 is 17.6 Å². The molecule has 0 unspecified atom stereocenters. The number of rotatable bonds is 2. The normalized spacial score (nSPS) is 22.7. The molecule has 24 heavy (non-hydrogen) atoms. The molecule has 0 saturated carbocycles. The summed E-state index contributed by atoms with van der Waals surface area (Å²) < 4.78 is 1.79. The van der Waals surface area contributed by atoms with E-state index in [0.717, 1.165) is 48.4 Å². The van der Waals surface area contributed by atoms with Gasteiger partial charge in [-0.05, 0) is 42.9 Å². The predicted octanol–water partition coefficient (Wildman–Crippen LogP) is 3.61. The topological polar surface area (TPSA) is 50.2 Å². The Hall–Kier alpha value is -2.01. The van der Waals surface area contributed by atoms with Gasteiger partial charge in [0.25, 0.3) is 0 Å². The molecule has 2 aliphatic rings. The number of nitrogens with zero attached hydrogens (tertiary/aromatic N) is 3. The molecule has 2 aromatic rings. The molecule has 2 atom stereocenters. The van der Waals surface area contributed by atoms with Crippen molar-refractivity contribution in [3.05, 3.63) is 52.3 Å². The first-order valence-corrected chi connectivity index (χ1v) is 8.84. The van der Waals surface area contributed by atoms with E-state index in [9.17, 15) is 4.79 Å². The molecule has 2 amide bonds. The first-order valence-electron chi connectivity index (χ1n) is 8.46. The molecule has 126 valence electrons. The van der Waals surface area contributed by atoms with Gasteiger partial charge in [0.05, 0.1) is 18.3 Å². The highest BCUT2D eigenvalue weighted by Gasteiger charge is 2.33. The second kappa shape index (κ2) is 6.13. The minimum Gasteiger partial charge on any atom is -0.331 e. The number of halogens is 1. The number of amides is 2. The molecule has 1 aromatic carbocycles. The number of hydrogen-bond donors (Lipinski definition) is 1. The van der Waals surface area contributed by atoms with Crippen molar-refractivity contribution in [1.82, 2.24) is 20.0 Å². The SMILES string of the molecule is Cn1cc([C@H]2CCCN2C(=O)N[C@H]2CCc3c(Cl)cccc32)cn1. The van der Waals surface area contributed by atoms with Crippen molar-refractivity contribution in [2.75, 3.05) is 6.54 Å². The maximum Gasteiger partial charge on any atom is 0.318 e. The highest BCUT2D eigenvalue weighted by Crippen LogP contribution is 2.37. The van der Waals surface area contributed by atoms with Crippen molar-refractivity contribution < 1.29 is 4.79 Å². The third-order valence-corrected chi connectivity index (χ3v) is 5.49. The van der Waals surface area contributed by atoms with Gasteiger partial charge in [0.2, 0.25) is 0 Å². The lowest BCUT2D eigenvalue weighted by atomic mass is 10.1. The summed E-state index contributed by atoms with van der Waals surface area (Å²) in [6.07, 6.45) is 7.72. The van der Waals surface area contributed by atoms with Crippen molar-refractivity contribution in [2.24, 2.45) is 7.05 Å². The average molecular weight is 345 g/mol. The Morgan fingerprint density at radius 3 is 3.04 bits per heavy atom. The highest BCUT2D eigenvalue weighted by atomic mass is 35.5. The summed E-state index contributed by atoms with van der Waals surface area (Å²) in [5.41, 5.74) is 3.45. The fourth-order valence-electron chi connectivity index (χ4n) is 3.96. The number of nitrogens with one attached hydrogen (secondary N) is 1. The number of aryl methyl sites for hydroxylation is 1. The van der Waals surface area contributed by atoms with E-state index in [2.05, 4.69) is 16.5 Å². The number of urea groups is 1. The number of aromatic nitrogens is 2. The van der Waals surface area contributed by atoms with Crippen LogP contribution in [-0.4, -0.2) is 27.3 Å². The summed E-state index contributed by atoms with van der Waals surface area (Å²) >= 11 is 6.27. The van der Waals surface area contributed by atoms with Gasteiger partial charge in [0.15, 0.2) is 0 Å². The summed E-state index contributed by atoms with van der Waals surface area (Å²) in [5, 5.41) is 8.26. The van der Waals surface area contributed by atoms with E-state index in [1.54, 1.807) is 4.68 Å². The van der Waals surface area contributed by atoms with Gasteiger partial charge in [-0.25, -0.2) is 4.79 Å². The van der Waals surface area contributed by atoms with Crippen LogP contribution < -0.4 is 5.32 Å². The number of likely N-dealkylation sites (tertiary alicyclic amines) is 1. The summed E-state index contributed by atoms with van der Waals surface area (Å²) in [6, 6.07) is 6.14. The van der Waals surface area contributed by atoms with Gasteiger partial charge in [0.1, 0.15) is 0 Å². The van der Waals surface area contributed by atoms with Gasteiger partial charge >= 0.3 is 6.03 Å². The Bertz CT molecular complexity index is 772. The minimum atomic E-state index is 0.0131. The molecule has 1 fully saturated rings. The van der Waals surface area contributed by atoms with Gasteiger partial charge in [-0.1, -0.05) is 23.7 Å². The van der Waals surface area contributed by atoms with E-state index >= 15 is 0 Å². The van der Waals surface area contributed by atoms with Crippen molar-refractivity contribution in [3.8, 4) is 0 Å². The van der Waals surface area contributed by atoms with Crippen LogP contribution in [0, 0.1) is 0 Å². The largest absolute Gasteiger partial charge is 0.331 e. The molecule has 1 aromatic heterocycles. The monoisotopic (exact) mass is 344 g/mol. The zero-order chi connectivity index (χ0) is 16.7. The van der Waals surface area contributed by atoms with Gasteiger partial charge in [-0.3, -0.25) is 4.68 Å². The van der Waals surface area contributed by atoms with E-state index in [1.807, 2.05) is 36.5 Å². The molecule has 2 heterocycles. The number of benzene rings is 1. The molecule has 0 bridgehead atoms. The molecule has 1 aliphatic heterocycles. The molecule has 1 N–H and O–H groups in total. The predicted molar refractivity (Wildman–Crippen MR) is 92.9 cm³/mol. The molecule has 1 aliphatic carbocycles. The van der Waals surface area contributed by atoms with Gasteiger partial charge in [-0.15, -0.1) is 0 Å². The number of hydrogen-bond acceptors (Lipinski definition) is 2. The van der Waals surface area contributed by atoms with Gasteiger partial charge in [-0.2, -0.15) is 5.10 Å². The second-order valence-corrected chi connectivity index (χ2v) is 7.05. The first-order chi connectivity index (χ1) is 11.6. The van der Waals surface area contributed by atoms with Crippen LogP contribution in [0.4, 0.5) is 4.79 Å². The second-order valence-electron chi connectivity index (χ2n) is 6.65. The maximum absolute atomic E-state index is 12.8. The van der Waals surface area contributed by atoms with Crippen LogP contribution >= 0.6 is 11.6 Å². The molecule has 1 saturated heterocycles.